The lowest BCUT2D eigenvalue weighted by Gasteiger charge is -2.12. The number of benzene rings is 1. The molecule has 1 fully saturated rings. The van der Waals surface area contributed by atoms with Gasteiger partial charge in [0, 0.05) is 10.8 Å². The second-order valence-electron chi connectivity index (χ2n) is 5.87. The molecule has 1 atom stereocenters. The number of amides is 2. The first-order valence-corrected chi connectivity index (χ1v) is 9.79. The fourth-order valence-electron chi connectivity index (χ4n) is 2.40. The Balaban J connectivity index is 1.33. The average molecular weight is 375 g/mol. The molecule has 4 rings (SSSR count). The van der Waals surface area contributed by atoms with Gasteiger partial charge in [-0.05, 0) is 25.0 Å². The van der Waals surface area contributed by atoms with Crippen LogP contribution < -0.4 is 21.5 Å². The molecule has 0 saturated heterocycles. The third kappa shape index (κ3) is 3.94. The Kier molecular flexibility index (Phi) is 4.60. The zero-order valence-corrected chi connectivity index (χ0v) is 14.9. The smallest absolute Gasteiger partial charge is 0.231 e. The van der Waals surface area contributed by atoms with Crippen LogP contribution in [-0.2, 0) is 9.59 Å². The Morgan fingerprint density at radius 3 is 2.84 bits per heavy atom. The van der Waals surface area contributed by atoms with Crippen molar-refractivity contribution in [3.05, 3.63) is 35.2 Å². The lowest BCUT2D eigenvalue weighted by Crippen LogP contribution is -2.37. The molecule has 9 heteroatoms. The second-order valence-corrected chi connectivity index (χ2v) is 7.95. The zero-order valence-electron chi connectivity index (χ0n) is 13.2. The highest BCUT2D eigenvalue weighted by Crippen LogP contribution is 2.36. The van der Waals surface area contributed by atoms with Crippen LogP contribution in [0.2, 0.25) is 0 Å². The highest BCUT2D eigenvalue weighted by Gasteiger charge is 2.32. The number of rotatable bonds is 6. The average Bonchev–Trinajstić information content (AvgIpc) is 3.31. The molecule has 2 aliphatic rings. The van der Waals surface area contributed by atoms with Gasteiger partial charge in [-0.15, -0.1) is 11.8 Å². The van der Waals surface area contributed by atoms with Gasteiger partial charge < -0.3 is 16.1 Å². The summed E-state index contributed by atoms with van der Waals surface area (Å²) in [7, 11) is 0. The van der Waals surface area contributed by atoms with Gasteiger partial charge in [-0.1, -0.05) is 29.5 Å². The normalized spacial score (nSPS) is 18.3. The highest BCUT2D eigenvalue weighted by atomic mass is 32.2. The van der Waals surface area contributed by atoms with E-state index in [9.17, 15) is 9.59 Å². The van der Waals surface area contributed by atoms with Crippen LogP contribution in [0.3, 0.4) is 0 Å². The van der Waals surface area contributed by atoms with E-state index >= 15 is 0 Å². The van der Waals surface area contributed by atoms with Gasteiger partial charge in [0.15, 0.2) is 10.9 Å². The predicted octanol–water partition coefficient (Wildman–Crippen LogP) is 2.33. The number of aromatic nitrogens is 1. The van der Waals surface area contributed by atoms with Crippen LogP contribution in [0.15, 0.2) is 35.2 Å². The van der Waals surface area contributed by atoms with Crippen molar-refractivity contribution in [3.63, 3.8) is 0 Å². The van der Waals surface area contributed by atoms with Crippen molar-refractivity contribution < 1.29 is 9.59 Å². The maximum Gasteiger partial charge on any atom is 0.231 e. The Morgan fingerprint density at radius 1 is 1.28 bits per heavy atom. The van der Waals surface area contributed by atoms with E-state index in [-0.39, 0.29) is 23.9 Å². The number of nitrogens with one attached hydrogen (secondary N) is 4. The lowest BCUT2D eigenvalue weighted by molar-refractivity contribution is -0.119. The number of thioether (sulfide) groups is 1. The minimum absolute atomic E-state index is 0.0280. The van der Waals surface area contributed by atoms with Gasteiger partial charge in [0.25, 0.3) is 0 Å². The number of anilines is 2. The molecule has 0 spiro atoms. The van der Waals surface area contributed by atoms with E-state index in [0.29, 0.717) is 16.7 Å². The van der Waals surface area contributed by atoms with Gasteiger partial charge in [0.05, 0.1) is 10.6 Å². The van der Waals surface area contributed by atoms with Crippen LogP contribution in [-0.4, -0.2) is 22.6 Å². The van der Waals surface area contributed by atoms with E-state index in [4.69, 9.17) is 0 Å². The number of thiazole rings is 1. The molecule has 4 N–H and O–H groups in total. The maximum absolute atomic E-state index is 12.2. The lowest BCUT2D eigenvalue weighted by atomic mass is 10.4. The zero-order chi connectivity index (χ0) is 17.2. The SMILES string of the molecule is O=C(CSc1ccccc1)NC1NNc2nc(NC(=O)C3CC3)sc21. The highest BCUT2D eigenvalue weighted by molar-refractivity contribution is 8.00. The van der Waals surface area contributed by atoms with E-state index in [2.05, 4.69) is 26.5 Å². The van der Waals surface area contributed by atoms with Crippen LogP contribution in [0.25, 0.3) is 0 Å². The summed E-state index contributed by atoms with van der Waals surface area (Å²) in [5, 5.41) is 6.33. The number of hydrogen-bond acceptors (Lipinski definition) is 7. The fraction of sp³-hybridized carbons (Fsp3) is 0.312. The first kappa shape index (κ1) is 16.4. The topological polar surface area (TPSA) is 95.2 Å². The summed E-state index contributed by atoms with van der Waals surface area (Å²) in [5.41, 5.74) is 5.94. The molecule has 1 aromatic carbocycles. The number of hydrogen-bond donors (Lipinski definition) is 4. The molecular weight excluding hydrogens is 358 g/mol. The third-order valence-electron chi connectivity index (χ3n) is 3.85. The van der Waals surface area contributed by atoms with Crippen molar-refractivity contribution in [1.29, 1.82) is 0 Å². The van der Waals surface area contributed by atoms with E-state index in [1.54, 1.807) is 0 Å². The summed E-state index contributed by atoms with van der Waals surface area (Å²) < 4.78 is 0. The largest absolute Gasteiger partial charge is 0.334 e. The molecule has 2 aromatic rings. The molecule has 130 valence electrons. The van der Waals surface area contributed by atoms with Crippen LogP contribution in [0.1, 0.15) is 23.9 Å². The molecule has 2 heterocycles. The van der Waals surface area contributed by atoms with Crippen molar-refractivity contribution in [3.8, 4) is 0 Å². The van der Waals surface area contributed by atoms with Gasteiger partial charge in [0.1, 0.15) is 6.17 Å². The molecular formula is C16H17N5O2S2. The quantitative estimate of drug-likeness (QED) is 0.579. The van der Waals surface area contributed by atoms with Gasteiger partial charge in [0.2, 0.25) is 11.8 Å². The number of nitrogens with zero attached hydrogens (tertiary/aromatic N) is 1. The predicted molar refractivity (Wildman–Crippen MR) is 98.3 cm³/mol. The maximum atomic E-state index is 12.2. The Bertz CT molecular complexity index is 791. The summed E-state index contributed by atoms with van der Waals surface area (Å²) in [6.45, 7) is 0. The minimum atomic E-state index is -0.344. The summed E-state index contributed by atoms with van der Waals surface area (Å²) in [4.78, 5) is 30.3. The summed E-state index contributed by atoms with van der Waals surface area (Å²) in [5.74, 6) is 1.08. The number of hydrazine groups is 1. The van der Waals surface area contributed by atoms with Gasteiger partial charge in [-0.3, -0.25) is 9.59 Å². The molecule has 25 heavy (non-hydrogen) atoms. The van der Waals surface area contributed by atoms with Crippen molar-refractivity contribution in [2.45, 2.75) is 23.9 Å². The Morgan fingerprint density at radius 2 is 2.08 bits per heavy atom. The molecule has 1 aliphatic heterocycles. The van der Waals surface area contributed by atoms with E-state index < -0.39 is 0 Å². The Hall–Kier alpha value is -2.10. The fourth-order valence-corrected chi connectivity index (χ4v) is 4.06. The Labute approximate surface area is 153 Å². The monoisotopic (exact) mass is 375 g/mol. The number of carbonyl (C=O) groups is 2. The first-order valence-electron chi connectivity index (χ1n) is 7.99. The van der Waals surface area contributed by atoms with Crippen LogP contribution in [0, 0.1) is 5.92 Å². The molecule has 0 bridgehead atoms. The van der Waals surface area contributed by atoms with Crippen LogP contribution in [0.5, 0.6) is 0 Å². The number of fused-ring (bicyclic) bond motifs is 1. The number of carbonyl (C=O) groups excluding carboxylic acids is 2. The van der Waals surface area contributed by atoms with Gasteiger partial charge in [-0.25, -0.2) is 10.4 Å². The summed E-state index contributed by atoms with van der Waals surface area (Å²) in [6, 6.07) is 9.80. The first-order chi connectivity index (χ1) is 12.2. The van der Waals surface area contributed by atoms with Gasteiger partial charge in [-0.2, -0.15) is 0 Å². The van der Waals surface area contributed by atoms with E-state index in [1.165, 1.54) is 23.1 Å². The molecule has 1 aliphatic carbocycles. The van der Waals surface area contributed by atoms with Crippen LogP contribution in [0.4, 0.5) is 10.9 Å². The van der Waals surface area contributed by atoms with Crippen molar-refractivity contribution in [1.82, 2.24) is 15.7 Å². The van der Waals surface area contributed by atoms with Crippen molar-refractivity contribution >= 4 is 45.9 Å². The summed E-state index contributed by atoms with van der Waals surface area (Å²) in [6.07, 6.45) is 1.56. The van der Waals surface area contributed by atoms with Crippen LogP contribution >= 0.6 is 23.1 Å². The molecule has 0 radical (unpaired) electrons. The van der Waals surface area contributed by atoms with Gasteiger partial charge >= 0.3 is 0 Å². The third-order valence-corrected chi connectivity index (χ3v) is 5.89. The molecule has 2 amide bonds. The molecule has 1 unspecified atom stereocenters. The van der Waals surface area contributed by atoms with E-state index in [0.717, 1.165) is 22.6 Å². The second kappa shape index (κ2) is 7.03. The standard InChI is InChI=1S/C16H17N5O2S2/c22-11(8-24-10-4-2-1-3-5-10)17-13-12-14(21-20-13)18-16(25-12)19-15(23)9-6-7-9/h1-5,9,13,20-21H,6-8H2,(H,17,22)(H,18,19,23). The summed E-state index contributed by atoms with van der Waals surface area (Å²) >= 11 is 2.86. The van der Waals surface area contributed by atoms with Crippen molar-refractivity contribution in [2.24, 2.45) is 5.92 Å². The van der Waals surface area contributed by atoms with E-state index in [1.807, 2.05) is 30.3 Å². The molecule has 7 nitrogen and oxygen atoms in total. The minimum Gasteiger partial charge on any atom is -0.334 e. The molecule has 1 saturated carbocycles. The molecule has 1 aromatic heterocycles. The van der Waals surface area contributed by atoms with Crippen molar-refractivity contribution in [2.75, 3.05) is 16.5 Å².